The molecule has 238 valence electrons. The van der Waals surface area contributed by atoms with Crippen LogP contribution in [0.25, 0.3) is 0 Å². The van der Waals surface area contributed by atoms with E-state index in [-0.39, 0.29) is 16.1 Å². The predicted octanol–water partition coefficient (Wildman–Crippen LogP) is 5.99. The highest BCUT2D eigenvalue weighted by Gasteiger charge is 2.72. The molecule has 0 rings (SSSR count). The Labute approximate surface area is 241 Å². The third kappa shape index (κ3) is 10.7. The van der Waals surface area contributed by atoms with E-state index in [2.05, 4.69) is 6.58 Å². The molecule has 0 aliphatic heterocycles. The first kappa shape index (κ1) is 39.6. The molecule has 0 heterocycles. The Bertz CT molecular complexity index is 889. The van der Waals surface area contributed by atoms with Crippen LogP contribution in [0.2, 0.25) is 57.9 Å². The van der Waals surface area contributed by atoms with E-state index in [9.17, 15) is 35.5 Å². The maximum Gasteiger partial charge on any atom is 0.459 e. The van der Waals surface area contributed by atoms with Crippen molar-refractivity contribution in [1.82, 2.24) is 0 Å². The van der Waals surface area contributed by atoms with Crippen molar-refractivity contribution in [2.24, 2.45) is 5.41 Å². The van der Waals surface area contributed by atoms with E-state index in [0.717, 1.165) is 0 Å². The van der Waals surface area contributed by atoms with Crippen LogP contribution in [0.1, 0.15) is 33.6 Å². The standard InChI is InChI=1S/C22H45F7O6Si5/c1-15(2)17(30)31-22(32-36,33-40(11,12)35-39(8,9)10)18(3,4)16(37-34-38(5,6)7)13-14-19(23,24)20(25,26)21(27,28)29/h16H,1,13-14,37H2,2-12,36H3. The smallest absolute Gasteiger partial charge is 0.459 e. The highest BCUT2D eigenvalue weighted by molar-refractivity contribution is 6.81. The number of rotatable bonds is 16. The number of carbonyl (C=O) groups is 1. The van der Waals surface area contributed by atoms with E-state index >= 15 is 0 Å². The fourth-order valence-corrected chi connectivity index (χ4v) is 15.7. The van der Waals surface area contributed by atoms with Crippen molar-refractivity contribution in [3.05, 3.63) is 12.2 Å². The van der Waals surface area contributed by atoms with Gasteiger partial charge in [0.25, 0.3) is 0 Å². The summed E-state index contributed by atoms with van der Waals surface area (Å²) in [4.78, 5) is 12.8. The van der Waals surface area contributed by atoms with Gasteiger partial charge in [-0.2, -0.15) is 30.7 Å². The second-order valence-electron chi connectivity index (χ2n) is 12.8. The molecule has 0 saturated heterocycles. The topological polar surface area (TPSA) is 63.2 Å². The van der Waals surface area contributed by atoms with Crippen LogP contribution in [0, 0.1) is 5.41 Å². The zero-order valence-electron chi connectivity index (χ0n) is 25.5. The Morgan fingerprint density at radius 2 is 1.40 bits per heavy atom. The molecule has 0 aromatic rings. The molecule has 0 N–H and O–H groups in total. The van der Waals surface area contributed by atoms with Gasteiger partial charge in [0.2, 0.25) is 0 Å². The molecule has 0 fully saturated rings. The fraction of sp³-hybridized carbons (Fsp3) is 0.864. The summed E-state index contributed by atoms with van der Waals surface area (Å²) in [5.41, 5.74) is -2.64. The normalized spacial score (nSPS) is 17.2. The Kier molecular flexibility index (Phi) is 13.0. The van der Waals surface area contributed by atoms with Crippen molar-refractivity contribution in [2.45, 2.75) is 116 Å². The molecule has 0 amide bonds. The van der Waals surface area contributed by atoms with E-state index in [0.29, 0.717) is 0 Å². The lowest BCUT2D eigenvalue weighted by atomic mass is 9.82. The maximum atomic E-state index is 14.4. The highest BCUT2D eigenvalue weighted by atomic mass is 28.4. The van der Waals surface area contributed by atoms with Crippen LogP contribution in [0.3, 0.4) is 0 Å². The zero-order chi connectivity index (χ0) is 32.4. The summed E-state index contributed by atoms with van der Waals surface area (Å²) in [7, 11) is -9.78. The third-order valence-electron chi connectivity index (χ3n) is 5.93. The van der Waals surface area contributed by atoms with Crippen LogP contribution in [0.15, 0.2) is 12.2 Å². The van der Waals surface area contributed by atoms with E-state index in [1.165, 1.54) is 20.8 Å². The molecule has 40 heavy (non-hydrogen) atoms. The van der Waals surface area contributed by atoms with Crippen LogP contribution in [-0.2, 0) is 26.6 Å². The summed E-state index contributed by atoms with van der Waals surface area (Å²) < 4.78 is 125. The number of hydrogen-bond acceptors (Lipinski definition) is 6. The minimum absolute atomic E-state index is 0.0309. The molecular formula is C22H45F7O6Si5. The first-order valence-electron chi connectivity index (χ1n) is 12.7. The summed E-state index contributed by atoms with van der Waals surface area (Å²) in [6.07, 6.45) is -9.05. The molecule has 0 saturated carbocycles. The van der Waals surface area contributed by atoms with Crippen LogP contribution in [0.4, 0.5) is 30.7 Å². The number of carbonyl (C=O) groups excluding carboxylic acids is 1. The molecule has 2 unspecified atom stereocenters. The number of alkyl halides is 7. The Morgan fingerprint density at radius 3 is 1.75 bits per heavy atom. The number of hydrogen-bond donors (Lipinski definition) is 0. The van der Waals surface area contributed by atoms with Crippen LogP contribution in [-0.4, -0.2) is 75.4 Å². The Balaban J connectivity index is 6.90. The fourth-order valence-electron chi connectivity index (χ4n) is 3.89. The molecular weight excluding hydrogens is 634 g/mol. The average molecular weight is 679 g/mol. The van der Waals surface area contributed by atoms with Gasteiger partial charge in [-0.25, -0.2) is 4.79 Å². The van der Waals surface area contributed by atoms with Gasteiger partial charge in [-0.15, -0.1) is 0 Å². The molecule has 18 heteroatoms. The summed E-state index contributed by atoms with van der Waals surface area (Å²) in [5, 5.41) is 0. The van der Waals surface area contributed by atoms with Crippen LogP contribution < -0.4 is 0 Å². The molecule has 6 nitrogen and oxygen atoms in total. The van der Waals surface area contributed by atoms with Crippen molar-refractivity contribution < 1.29 is 57.3 Å². The van der Waals surface area contributed by atoms with Gasteiger partial charge in [0.1, 0.15) is 0 Å². The molecule has 0 aromatic carbocycles. The van der Waals surface area contributed by atoms with Gasteiger partial charge < -0.3 is 21.8 Å². The van der Waals surface area contributed by atoms with Crippen LogP contribution in [0.5, 0.6) is 0 Å². The van der Waals surface area contributed by atoms with E-state index in [1.54, 1.807) is 13.1 Å². The van der Waals surface area contributed by atoms with Gasteiger partial charge in [-0.05, 0) is 71.3 Å². The monoisotopic (exact) mass is 678 g/mol. The molecule has 0 bridgehead atoms. The third-order valence-corrected chi connectivity index (χ3v) is 17.6. The van der Waals surface area contributed by atoms with Gasteiger partial charge >= 0.3 is 38.5 Å². The summed E-state index contributed by atoms with van der Waals surface area (Å²) in [6.45, 7) is 22.4. The molecule has 0 aliphatic carbocycles. The first-order valence-corrected chi connectivity index (χ1v) is 24.5. The Hall–Kier alpha value is -0.356. The van der Waals surface area contributed by atoms with Crippen molar-refractivity contribution >= 4 is 51.4 Å². The van der Waals surface area contributed by atoms with Crippen molar-refractivity contribution in [1.29, 1.82) is 0 Å². The zero-order valence-corrected chi connectivity index (χ0v) is 31.9. The van der Waals surface area contributed by atoms with Crippen LogP contribution >= 0.6 is 0 Å². The summed E-state index contributed by atoms with van der Waals surface area (Å²) in [6, 6.07) is 0. The summed E-state index contributed by atoms with van der Waals surface area (Å²) >= 11 is 0. The lowest BCUT2D eigenvalue weighted by molar-refractivity contribution is -0.358. The second kappa shape index (κ2) is 13.1. The summed E-state index contributed by atoms with van der Waals surface area (Å²) in [5.74, 6) is -14.8. The largest absolute Gasteiger partial charge is 0.460 e. The molecule has 0 aromatic heterocycles. The van der Waals surface area contributed by atoms with Crippen molar-refractivity contribution in [3.63, 3.8) is 0 Å². The molecule has 2 atom stereocenters. The van der Waals surface area contributed by atoms with Gasteiger partial charge in [-0.1, -0.05) is 20.4 Å². The number of halogens is 7. The minimum atomic E-state index is -6.44. The molecule has 0 aliphatic rings. The lowest BCUT2D eigenvalue weighted by Crippen LogP contribution is -2.62. The van der Waals surface area contributed by atoms with Gasteiger partial charge in [0.05, 0.1) is 5.41 Å². The molecule has 0 radical (unpaired) electrons. The SMILES string of the molecule is C=C(C)C(=O)OC(O[SiH3])(O[Si](C)(C)O[Si](C)(C)C)C(C)(C)C(CCC(F)(F)C(F)(F)C(F)(F)F)[SiH2]O[Si](C)(C)C. The second-order valence-corrected chi connectivity index (χ2v) is 28.0. The van der Waals surface area contributed by atoms with Gasteiger partial charge in [-0.3, -0.25) is 0 Å². The quantitative estimate of drug-likeness (QED) is 0.0658. The predicted molar refractivity (Wildman–Crippen MR) is 153 cm³/mol. The maximum absolute atomic E-state index is 14.4. The van der Waals surface area contributed by atoms with Crippen molar-refractivity contribution in [3.8, 4) is 0 Å². The van der Waals surface area contributed by atoms with Gasteiger partial charge in [0.15, 0.2) is 36.9 Å². The van der Waals surface area contributed by atoms with Gasteiger partial charge in [0, 0.05) is 12.0 Å². The highest BCUT2D eigenvalue weighted by Crippen LogP contribution is 2.53. The number of esters is 1. The van der Waals surface area contributed by atoms with E-state index < -0.39 is 88.7 Å². The number of ether oxygens (including phenoxy) is 1. The minimum Gasteiger partial charge on any atom is -0.460 e. The first-order chi connectivity index (χ1) is 17.4. The van der Waals surface area contributed by atoms with Crippen molar-refractivity contribution in [2.75, 3.05) is 0 Å². The average Bonchev–Trinajstić information content (AvgIpc) is 2.68. The Morgan fingerprint density at radius 1 is 0.925 bits per heavy atom. The van der Waals surface area contributed by atoms with E-state index in [4.69, 9.17) is 21.8 Å². The van der Waals surface area contributed by atoms with E-state index in [1.807, 2.05) is 39.3 Å². The lowest BCUT2D eigenvalue weighted by Gasteiger charge is -2.51. The molecule has 0 spiro atoms.